The molecule has 0 unspecified atom stereocenters. The number of esters is 1. The lowest BCUT2D eigenvalue weighted by Crippen LogP contribution is -2.08. The summed E-state index contributed by atoms with van der Waals surface area (Å²) in [5, 5.41) is 4.25. The van der Waals surface area contributed by atoms with Crippen molar-refractivity contribution in [3.05, 3.63) is 53.7 Å². The lowest BCUT2D eigenvalue weighted by molar-refractivity contribution is 0.0520. The van der Waals surface area contributed by atoms with E-state index in [0.29, 0.717) is 23.6 Å². The highest BCUT2D eigenvalue weighted by Gasteiger charge is 2.15. The molecule has 3 rings (SSSR count). The van der Waals surface area contributed by atoms with Crippen molar-refractivity contribution in [3.8, 4) is 11.5 Å². The summed E-state index contributed by atoms with van der Waals surface area (Å²) in [7, 11) is 3.21. The highest BCUT2D eigenvalue weighted by atomic mass is 16.5. The van der Waals surface area contributed by atoms with Gasteiger partial charge in [-0.3, -0.25) is 0 Å². The number of aromatic nitrogens is 1. The number of nitrogens with zero attached hydrogens (tertiary/aromatic N) is 1. The van der Waals surface area contributed by atoms with Crippen LogP contribution in [0.3, 0.4) is 0 Å². The van der Waals surface area contributed by atoms with E-state index >= 15 is 0 Å². The Morgan fingerprint density at radius 3 is 2.56 bits per heavy atom. The van der Waals surface area contributed by atoms with E-state index in [0.717, 1.165) is 22.3 Å². The number of carbonyl (C=O) groups excluding carboxylic acids is 1. The smallest absolute Gasteiger partial charge is 0.357 e. The second kappa shape index (κ2) is 7.95. The zero-order valence-corrected chi connectivity index (χ0v) is 15.8. The summed E-state index contributed by atoms with van der Waals surface area (Å²) < 4.78 is 15.9. The Labute approximate surface area is 158 Å². The van der Waals surface area contributed by atoms with Gasteiger partial charge >= 0.3 is 5.97 Å². The van der Waals surface area contributed by atoms with Crippen LogP contribution < -0.4 is 14.8 Å². The van der Waals surface area contributed by atoms with E-state index in [9.17, 15) is 4.79 Å². The number of pyridine rings is 1. The van der Waals surface area contributed by atoms with E-state index in [2.05, 4.69) is 10.3 Å². The molecule has 3 aromatic rings. The number of methoxy groups -OCH3 is 2. The molecule has 0 aliphatic heterocycles. The van der Waals surface area contributed by atoms with Crippen LogP contribution in [0.5, 0.6) is 11.5 Å². The molecule has 0 saturated carbocycles. The third-order valence-electron chi connectivity index (χ3n) is 4.12. The molecule has 1 heterocycles. The van der Waals surface area contributed by atoms with E-state index < -0.39 is 5.97 Å². The number of hydrogen-bond donors (Lipinski definition) is 1. The maximum Gasteiger partial charge on any atom is 0.357 e. The number of ether oxygens (including phenoxy) is 3. The minimum atomic E-state index is -0.458. The van der Waals surface area contributed by atoms with Crippen LogP contribution in [-0.4, -0.2) is 31.8 Å². The molecule has 0 amide bonds. The van der Waals surface area contributed by atoms with Crippen LogP contribution in [0.2, 0.25) is 0 Å². The van der Waals surface area contributed by atoms with E-state index in [1.807, 2.05) is 43.3 Å². The molecule has 0 bridgehead atoms. The highest BCUT2D eigenvalue weighted by Crippen LogP contribution is 2.34. The molecule has 1 N–H and O–H groups in total. The van der Waals surface area contributed by atoms with Gasteiger partial charge in [-0.15, -0.1) is 0 Å². The monoisotopic (exact) mass is 366 g/mol. The minimum absolute atomic E-state index is 0.248. The molecule has 0 radical (unpaired) electrons. The normalized spacial score (nSPS) is 10.5. The van der Waals surface area contributed by atoms with Crippen molar-refractivity contribution in [1.29, 1.82) is 0 Å². The largest absolute Gasteiger partial charge is 0.497 e. The standard InChI is InChI=1S/C21H22N2O4/c1-5-27-21(24)19-12-17(15-10-13(2)6-8-16(15)22-19)23-18-11-14(25-3)7-9-20(18)26-4/h6-12H,5H2,1-4H3,(H,22,23). The molecule has 6 heteroatoms. The maximum atomic E-state index is 12.2. The van der Waals surface area contributed by atoms with Gasteiger partial charge in [-0.25, -0.2) is 9.78 Å². The van der Waals surface area contributed by atoms with Gasteiger partial charge in [0.1, 0.15) is 11.5 Å². The van der Waals surface area contributed by atoms with Crippen LogP contribution in [0.1, 0.15) is 23.0 Å². The second-order valence-corrected chi connectivity index (χ2v) is 5.99. The lowest BCUT2D eigenvalue weighted by Gasteiger charge is -2.15. The third kappa shape index (κ3) is 3.95. The molecule has 2 aromatic carbocycles. The second-order valence-electron chi connectivity index (χ2n) is 5.99. The first-order valence-corrected chi connectivity index (χ1v) is 8.63. The fraction of sp³-hybridized carbons (Fsp3) is 0.238. The Morgan fingerprint density at radius 2 is 1.85 bits per heavy atom. The Kier molecular flexibility index (Phi) is 5.45. The van der Waals surface area contributed by atoms with Gasteiger partial charge in [-0.05, 0) is 44.2 Å². The van der Waals surface area contributed by atoms with E-state index in [-0.39, 0.29) is 5.69 Å². The molecule has 1 aromatic heterocycles. The number of rotatable bonds is 6. The average Bonchev–Trinajstić information content (AvgIpc) is 2.68. The SMILES string of the molecule is CCOC(=O)c1cc(Nc2cc(OC)ccc2OC)c2cc(C)ccc2n1. The van der Waals surface area contributed by atoms with Gasteiger partial charge < -0.3 is 19.5 Å². The quantitative estimate of drug-likeness (QED) is 0.649. The van der Waals surface area contributed by atoms with Crippen molar-refractivity contribution in [3.63, 3.8) is 0 Å². The first-order chi connectivity index (χ1) is 13.0. The minimum Gasteiger partial charge on any atom is -0.497 e. The van der Waals surface area contributed by atoms with Gasteiger partial charge in [0.25, 0.3) is 0 Å². The van der Waals surface area contributed by atoms with E-state index in [4.69, 9.17) is 14.2 Å². The molecule has 27 heavy (non-hydrogen) atoms. The van der Waals surface area contributed by atoms with E-state index in [1.54, 1.807) is 27.2 Å². The molecule has 0 saturated heterocycles. The molecular formula is C21H22N2O4. The van der Waals surface area contributed by atoms with Gasteiger partial charge in [-0.1, -0.05) is 11.6 Å². The number of fused-ring (bicyclic) bond motifs is 1. The number of benzene rings is 2. The van der Waals surface area contributed by atoms with Crippen LogP contribution in [0, 0.1) is 6.92 Å². The first-order valence-electron chi connectivity index (χ1n) is 8.63. The van der Waals surface area contributed by atoms with Gasteiger partial charge in [0, 0.05) is 11.5 Å². The molecule has 0 aliphatic carbocycles. The summed E-state index contributed by atoms with van der Waals surface area (Å²) in [5.41, 5.74) is 3.50. The van der Waals surface area contributed by atoms with Crippen molar-refractivity contribution >= 4 is 28.2 Å². The van der Waals surface area contributed by atoms with Gasteiger partial charge in [0.05, 0.1) is 37.7 Å². The van der Waals surface area contributed by atoms with Crippen LogP contribution >= 0.6 is 0 Å². The number of anilines is 2. The molecule has 0 spiro atoms. The summed E-state index contributed by atoms with van der Waals surface area (Å²) in [6.07, 6.45) is 0. The van der Waals surface area contributed by atoms with Crippen molar-refractivity contribution in [2.24, 2.45) is 0 Å². The number of hydrogen-bond acceptors (Lipinski definition) is 6. The summed E-state index contributed by atoms with van der Waals surface area (Å²) in [6.45, 7) is 4.07. The average molecular weight is 366 g/mol. The molecule has 6 nitrogen and oxygen atoms in total. The number of aryl methyl sites for hydroxylation is 1. The van der Waals surface area contributed by atoms with Crippen LogP contribution in [0.4, 0.5) is 11.4 Å². The Balaban J connectivity index is 2.14. The van der Waals surface area contributed by atoms with Crippen LogP contribution in [-0.2, 0) is 4.74 Å². The van der Waals surface area contributed by atoms with Crippen molar-refractivity contribution in [2.45, 2.75) is 13.8 Å². The Bertz CT molecular complexity index is 985. The first kappa shape index (κ1) is 18.5. The summed E-state index contributed by atoms with van der Waals surface area (Å²) >= 11 is 0. The fourth-order valence-corrected chi connectivity index (χ4v) is 2.81. The van der Waals surface area contributed by atoms with Gasteiger partial charge in [0.2, 0.25) is 0 Å². The molecule has 0 atom stereocenters. The van der Waals surface area contributed by atoms with Gasteiger partial charge in [0.15, 0.2) is 5.69 Å². The zero-order valence-electron chi connectivity index (χ0n) is 15.8. The lowest BCUT2D eigenvalue weighted by atomic mass is 10.1. The summed E-state index contributed by atoms with van der Waals surface area (Å²) in [4.78, 5) is 16.7. The Morgan fingerprint density at radius 1 is 1.04 bits per heavy atom. The van der Waals surface area contributed by atoms with Crippen molar-refractivity contribution in [2.75, 3.05) is 26.1 Å². The number of nitrogens with one attached hydrogen (secondary N) is 1. The molecule has 140 valence electrons. The molecule has 0 fully saturated rings. The third-order valence-corrected chi connectivity index (χ3v) is 4.12. The Hall–Kier alpha value is -3.28. The maximum absolute atomic E-state index is 12.2. The fourth-order valence-electron chi connectivity index (χ4n) is 2.81. The van der Waals surface area contributed by atoms with E-state index in [1.165, 1.54) is 0 Å². The molecule has 0 aliphatic rings. The van der Waals surface area contributed by atoms with Crippen LogP contribution in [0.15, 0.2) is 42.5 Å². The summed E-state index contributed by atoms with van der Waals surface area (Å²) in [5.74, 6) is 0.894. The predicted molar refractivity (Wildman–Crippen MR) is 105 cm³/mol. The van der Waals surface area contributed by atoms with Gasteiger partial charge in [-0.2, -0.15) is 0 Å². The van der Waals surface area contributed by atoms with Crippen molar-refractivity contribution < 1.29 is 19.0 Å². The predicted octanol–water partition coefficient (Wildman–Crippen LogP) is 4.48. The zero-order chi connectivity index (χ0) is 19.4. The summed E-state index contributed by atoms with van der Waals surface area (Å²) in [6, 6.07) is 13.0. The topological polar surface area (TPSA) is 69.7 Å². The highest BCUT2D eigenvalue weighted by molar-refractivity contribution is 5.99. The number of carbonyl (C=O) groups is 1. The molecular weight excluding hydrogens is 344 g/mol. The van der Waals surface area contributed by atoms with Crippen LogP contribution in [0.25, 0.3) is 10.9 Å². The van der Waals surface area contributed by atoms with Crippen molar-refractivity contribution in [1.82, 2.24) is 4.98 Å².